The molecule has 11 nitrogen and oxygen atoms in total. The average Bonchev–Trinajstić information content (AvgIpc) is 3.80. The molecule has 1 aliphatic heterocycles. The molecule has 13 heteroatoms. The van der Waals surface area contributed by atoms with Crippen molar-refractivity contribution in [3.8, 4) is 22.6 Å². The molecule has 0 unspecified atom stereocenters. The van der Waals surface area contributed by atoms with Gasteiger partial charge >= 0.3 is 5.97 Å². The molecule has 0 radical (unpaired) electrons. The number of nitrogens with zero attached hydrogens (tertiary/aromatic N) is 6. The zero-order chi connectivity index (χ0) is 41.2. The van der Waals surface area contributed by atoms with Crippen LogP contribution in [0.5, 0.6) is 11.5 Å². The molecule has 1 N–H and O–H groups in total. The number of anilines is 1. The van der Waals surface area contributed by atoms with Crippen LogP contribution in [0, 0.1) is 27.7 Å². The van der Waals surface area contributed by atoms with Crippen molar-refractivity contribution in [3.05, 3.63) is 122 Å². The molecule has 0 saturated carbocycles. The topological polar surface area (TPSA) is 117 Å². The number of aryl methyl sites for hydroxylation is 5. The van der Waals surface area contributed by atoms with Crippen LogP contribution in [-0.2, 0) is 20.0 Å². The molecule has 1 aliphatic rings. The van der Waals surface area contributed by atoms with Crippen molar-refractivity contribution in [2.45, 2.75) is 60.0 Å². The average molecular weight is 820 g/mol. The predicted octanol–water partition coefficient (Wildman–Crippen LogP) is 9.92. The highest BCUT2D eigenvalue weighted by Gasteiger charge is 2.40. The van der Waals surface area contributed by atoms with Gasteiger partial charge in [-0.15, -0.1) is 0 Å². The van der Waals surface area contributed by atoms with Crippen molar-refractivity contribution in [1.82, 2.24) is 23.9 Å². The Kier molecular flexibility index (Phi) is 10.2. The van der Waals surface area contributed by atoms with E-state index in [1.165, 1.54) is 7.11 Å². The Bertz CT molecular complexity index is 2760. The Morgan fingerprint density at radius 3 is 2.41 bits per heavy atom. The molecule has 1 atom stereocenters. The van der Waals surface area contributed by atoms with E-state index in [0.29, 0.717) is 57.5 Å². The quantitative estimate of drug-likeness (QED) is 0.129. The molecule has 58 heavy (non-hydrogen) atoms. The Morgan fingerprint density at radius 2 is 1.76 bits per heavy atom. The summed E-state index contributed by atoms with van der Waals surface area (Å²) in [4.78, 5) is 35.2. The Labute approximate surface area is 346 Å². The second-order valence-electron chi connectivity index (χ2n) is 15.0. The zero-order valence-corrected chi connectivity index (χ0v) is 35.0. The minimum atomic E-state index is -1.17. The minimum Gasteiger partial charge on any atom is -0.496 e. The van der Waals surface area contributed by atoms with Crippen LogP contribution in [0.4, 0.5) is 5.82 Å². The highest BCUT2D eigenvalue weighted by Crippen LogP contribution is 2.47. The number of benzene rings is 3. The number of hydrogen-bond donors (Lipinski definition) is 1. The van der Waals surface area contributed by atoms with Gasteiger partial charge in [-0.3, -0.25) is 19.4 Å². The number of fused-ring (bicyclic) bond motifs is 4. The fourth-order valence-electron chi connectivity index (χ4n) is 8.74. The number of pyridine rings is 1. The molecule has 7 aromatic rings. The third kappa shape index (κ3) is 6.37. The molecule has 0 fully saturated rings. The lowest BCUT2D eigenvalue weighted by atomic mass is 9.98. The number of rotatable bonds is 11. The van der Waals surface area contributed by atoms with Gasteiger partial charge in [-0.2, -0.15) is 5.10 Å². The normalized spacial score (nSPS) is 14.1. The lowest BCUT2D eigenvalue weighted by Gasteiger charge is -2.35. The van der Waals surface area contributed by atoms with Crippen molar-refractivity contribution in [1.29, 1.82) is 0 Å². The fourth-order valence-corrected chi connectivity index (χ4v) is 9.09. The fraction of sp³-hybridized carbons (Fsp3) is 0.289. The van der Waals surface area contributed by atoms with Gasteiger partial charge in [0.2, 0.25) is 0 Å². The molecule has 4 aromatic heterocycles. The summed E-state index contributed by atoms with van der Waals surface area (Å²) >= 11 is 13.6. The number of carboxylic acid groups (broad SMARTS) is 1. The van der Waals surface area contributed by atoms with E-state index in [-0.39, 0.29) is 36.4 Å². The molecular formula is C45H44Cl2N6O5. The molecule has 3 aromatic carbocycles. The number of hydrogen-bond acceptors (Lipinski definition) is 6. The van der Waals surface area contributed by atoms with E-state index in [9.17, 15) is 9.90 Å². The molecule has 298 valence electrons. The number of ether oxygens (including phenoxy) is 2. The number of methoxy groups -OCH3 is 1. The van der Waals surface area contributed by atoms with Gasteiger partial charge in [0, 0.05) is 53.1 Å². The summed E-state index contributed by atoms with van der Waals surface area (Å²) in [7, 11) is 3.42. The maximum absolute atomic E-state index is 15.6. The van der Waals surface area contributed by atoms with Gasteiger partial charge in [0.1, 0.15) is 28.6 Å². The maximum Gasteiger partial charge on any atom is 0.340 e. The van der Waals surface area contributed by atoms with Crippen LogP contribution < -0.4 is 14.4 Å². The van der Waals surface area contributed by atoms with Crippen molar-refractivity contribution < 1.29 is 24.2 Å². The van der Waals surface area contributed by atoms with Crippen LogP contribution in [0.25, 0.3) is 32.9 Å². The Hall–Kier alpha value is -5.78. The number of aromatic nitrogens is 5. The van der Waals surface area contributed by atoms with E-state index in [1.54, 1.807) is 17.2 Å². The lowest BCUT2D eigenvalue weighted by molar-refractivity contribution is 0.0699. The van der Waals surface area contributed by atoms with Gasteiger partial charge in [0.25, 0.3) is 5.91 Å². The number of halogens is 2. The van der Waals surface area contributed by atoms with Gasteiger partial charge in [-0.25, -0.2) is 4.79 Å². The third-order valence-electron chi connectivity index (χ3n) is 11.3. The summed E-state index contributed by atoms with van der Waals surface area (Å²) in [5.74, 6) is -0.0883. The van der Waals surface area contributed by atoms with Gasteiger partial charge in [0.15, 0.2) is 0 Å². The lowest BCUT2D eigenvalue weighted by Crippen LogP contribution is -2.44. The predicted molar refractivity (Wildman–Crippen MR) is 229 cm³/mol. The first-order valence-corrected chi connectivity index (χ1v) is 20.0. The van der Waals surface area contributed by atoms with Crippen LogP contribution in [0.2, 0.25) is 10.0 Å². The van der Waals surface area contributed by atoms with Crippen molar-refractivity contribution >= 4 is 62.7 Å². The van der Waals surface area contributed by atoms with E-state index >= 15 is 4.79 Å². The highest BCUT2D eigenvalue weighted by molar-refractivity contribution is 6.35. The van der Waals surface area contributed by atoms with Crippen LogP contribution in [0.3, 0.4) is 0 Å². The smallest absolute Gasteiger partial charge is 0.340 e. The van der Waals surface area contributed by atoms with E-state index in [4.69, 9.17) is 37.8 Å². The molecule has 5 heterocycles. The molecule has 0 spiro atoms. The second-order valence-corrected chi connectivity index (χ2v) is 15.8. The first-order chi connectivity index (χ1) is 27.8. The monoisotopic (exact) mass is 818 g/mol. The Morgan fingerprint density at radius 1 is 1.00 bits per heavy atom. The SMILES string of the molecule is COc1cccc2c1c(C(=O)O)c(N1C[C@@H](C)n3c(c(CCCOc4cc(C)c(Cl)c(C)c4)c4ccc(Cl)c(-c5c(C)nn(C)c5C)c43)C1=O)n2Cc1ccccn1. The summed E-state index contributed by atoms with van der Waals surface area (Å²) in [6.07, 6.45) is 2.79. The van der Waals surface area contributed by atoms with Crippen LogP contribution in [0.15, 0.2) is 66.9 Å². The summed E-state index contributed by atoms with van der Waals surface area (Å²) in [5, 5.41) is 18.3. The number of carbonyl (C=O) groups excluding carboxylic acids is 1. The first kappa shape index (κ1) is 39.1. The van der Waals surface area contributed by atoms with E-state index in [1.807, 2.05) is 98.6 Å². The third-order valence-corrected chi connectivity index (χ3v) is 12.2. The number of amides is 1. The summed E-state index contributed by atoms with van der Waals surface area (Å²) in [6, 6.07) is 18.5. The molecule has 0 saturated heterocycles. The van der Waals surface area contributed by atoms with Gasteiger partial charge < -0.3 is 23.7 Å². The Balaban J connectivity index is 1.33. The number of carbonyl (C=O) groups is 2. The first-order valence-electron chi connectivity index (χ1n) is 19.2. The summed E-state index contributed by atoms with van der Waals surface area (Å²) in [6.45, 7) is 10.7. The summed E-state index contributed by atoms with van der Waals surface area (Å²) in [5.41, 5.74) is 8.84. The largest absolute Gasteiger partial charge is 0.496 e. The summed E-state index contributed by atoms with van der Waals surface area (Å²) < 4.78 is 17.8. The van der Waals surface area contributed by atoms with Crippen molar-refractivity contribution in [2.75, 3.05) is 25.2 Å². The van der Waals surface area contributed by atoms with Gasteiger partial charge in [-0.05, 0) is 107 Å². The van der Waals surface area contributed by atoms with Gasteiger partial charge in [0.05, 0.1) is 53.1 Å². The van der Waals surface area contributed by atoms with Crippen LogP contribution in [0.1, 0.15) is 74.0 Å². The molecule has 0 bridgehead atoms. The standard InChI is InChI=1S/C45H44Cl2N6O5/c1-24-20-30(21-25(2)40(24)47)58-19-11-13-31-32-16-17-33(46)37(36-27(4)49-50(6)28(36)5)41(32)53-26(3)22-52(44(54)42(31)53)43-39(45(55)56)38-34(14-10-15-35(38)57-7)51(43)23-29-12-8-9-18-48-29/h8-10,12,14-18,20-21,26H,11,13,19,22-23H2,1-7H3,(H,55,56)/t26-/m1/s1. The minimum absolute atomic E-state index is 0.0117. The van der Waals surface area contributed by atoms with Crippen molar-refractivity contribution in [3.63, 3.8) is 0 Å². The number of carboxylic acids is 1. The molecule has 1 amide bonds. The van der Waals surface area contributed by atoms with Crippen LogP contribution >= 0.6 is 23.2 Å². The van der Waals surface area contributed by atoms with E-state index in [0.717, 1.165) is 55.9 Å². The highest BCUT2D eigenvalue weighted by atomic mass is 35.5. The molecule has 8 rings (SSSR count). The molecule has 0 aliphatic carbocycles. The second kappa shape index (κ2) is 15.2. The maximum atomic E-state index is 15.6. The van der Waals surface area contributed by atoms with E-state index in [2.05, 4.69) is 16.5 Å². The molecular weight excluding hydrogens is 775 g/mol. The number of aromatic carboxylic acids is 1. The zero-order valence-electron chi connectivity index (χ0n) is 33.5. The van der Waals surface area contributed by atoms with Gasteiger partial charge in [-0.1, -0.05) is 41.4 Å². The van der Waals surface area contributed by atoms with Crippen molar-refractivity contribution in [2.24, 2.45) is 7.05 Å². The van der Waals surface area contributed by atoms with Crippen LogP contribution in [-0.4, -0.2) is 61.1 Å². The van der Waals surface area contributed by atoms with E-state index < -0.39 is 5.97 Å².